The van der Waals surface area contributed by atoms with Crippen molar-refractivity contribution in [3.05, 3.63) is 23.3 Å². The molecule has 0 aliphatic carbocycles. The number of benzene rings is 1. The Labute approximate surface area is 114 Å². The molecule has 19 heavy (non-hydrogen) atoms. The van der Waals surface area contributed by atoms with Gasteiger partial charge in [-0.05, 0) is 30.5 Å². The summed E-state index contributed by atoms with van der Waals surface area (Å²) >= 11 is 0. The first kappa shape index (κ1) is 15.3. The molecule has 0 atom stereocenters. The van der Waals surface area contributed by atoms with Crippen LogP contribution in [-0.4, -0.2) is 26.3 Å². The molecule has 0 aliphatic heterocycles. The lowest BCUT2D eigenvalue weighted by molar-refractivity contribution is -0.141. The minimum absolute atomic E-state index is 0.262. The quantitative estimate of drug-likeness (QED) is 0.586. The summed E-state index contributed by atoms with van der Waals surface area (Å²) in [6, 6.07) is 3.96. The Kier molecular flexibility index (Phi) is 5.67. The van der Waals surface area contributed by atoms with Crippen molar-refractivity contribution >= 4 is 5.97 Å². The highest BCUT2D eigenvalue weighted by molar-refractivity contribution is 5.65. The van der Waals surface area contributed by atoms with E-state index in [-0.39, 0.29) is 12.6 Å². The van der Waals surface area contributed by atoms with E-state index < -0.39 is 0 Å². The van der Waals surface area contributed by atoms with Gasteiger partial charge >= 0.3 is 5.97 Å². The molecule has 4 nitrogen and oxygen atoms in total. The molecule has 0 fully saturated rings. The standard InChI is InChI=1S/C15H22O4/c1-10(2)13-9-14(17-5)11(3)8-15(13)19-7-6-18-12(4)16/h8-10H,6-7H2,1-5H3. The zero-order valence-electron chi connectivity index (χ0n) is 12.3. The van der Waals surface area contributed by atoms with E-state index in [1.54, 1.807) is 7.11 Å². The van der Waals surface area contributed by atoms with Gasteiger partial charge in [-0.25, -0.2) is 0 Å². The van der Waals surface area contributed by atoms with E-state index in [1.807, 2.05) is 19.1 Å². The molecule has 0 amide bonds. The van der Waals surface area contributed by atoms with Crippen molar-refractivity contribution in [1.82, 2.24) is 0 Å². The molecule has 0 saturated heterocycles. The average molecular weight is 266 g/mol. The van der Waals surface area contributed by atoms with Crippen molar-refractivity contribution in [3.63, 3.8) is 0 Å². The summed E-state index contributed by atoms with van der Waals surface area (Å²) in [5, 5.41) is 0. The van der Waals surface area contributed by atoms with Crippen LogP contribution in [0.3, 0.4) is 0 Å². The van der Waals surface area contributed by atoms with Crippen LogP contribution >= 0.6 is 0 Å². The summed E-state index contributed by atoms with van der Waals surface area (Å²) in [7, 11) is 1.66. The van der Waals surface area contributed by atoms with Gasteiger partial charge in [0.15, 0.2) is 0 Å². The third-order valence-electron chi connectivity index (χ3n) is 2.80. The van der Waals surface area contributed by atoms with Crippen molar-refractivity contribution in [1.29, 1.82) is 0 Å². The second-order valence-electron chi connectivity index (χ2n) is 4.70. The van der Waals surface area contributed by atoms with Crippen molar-refractivity contribution in [2.75, 3.05) is 20.3 Å². The van der Waals surface area contributed by atoms with Crippen molar-refractivity contribution in [2.45, 2.75) is 33.6 Å². The lowest BCUT2D eigenvalue weighted by atomic mass is 10.00. The smallest absolute Gasteiger partial charge is 0.302 e. The predicted octanol–water partition coefficient (Wildman–Crippen LogP) is 3.07. The van der Waals surface area contributed by atoms with Crippen LogP contribution in [0.5, 0.6) is 11.5 Å². The third kappa shape index (κ3) is 4.47. The number of hydrogen-bond acceptors (Lipinski definition) is 4. The predicted molar refractivity (Wildman–Crippen MR) is 73.9 cm³/mol. The molecule has 1 rings (SSSR count). The summed E-state index contributed by atoms with van der Waals surface area (Å²) < 4.78 is 15.9. The van der Waals surface area contributed by atoms with Gasteiger partial charge in [-0.1, -0.05) is 13.8 Å². The molecule has 106 valence electrons. The van der Waals surface area contributed by atoms with Gasteiger partial charge in [-0.2, -0.15) is 0 Å². The second kappa shape index (κ2) is 7.02. The zero-order valence-corrected chi connectivity index (χ0v) is 12.3. The second-order valence-corrected chi connectivity index (χ2v) is 4.70. The zero-order chi connectivity index (χ0) is 14.4. The van der Waals surface area contributed by atoms with E-state index in [2.05, 4.69) is 13.8 Å². The first-order valence-electron chi connectivity index (χ1n) is 6.40. The fourth-order valence-electron chi connectivity index (χ4n) is 1.81. The number of hydrogen-bond donors (Lipinski definition) is 0. The minimum atomic E-state index is -0.293. The number of esters is 1. The molecule has 0 bridgehead atoms. The van der Waals surface area contributed by atoms with E-state index in [0.29, 0.717) is 12.5 Å². The molecular weight excluding hydrogens is 244 g/mol. The number of ether oxygens (including phenoxy) is 3. The van der Waals surface area contributed by atoms with Gasteiger partial charge in [0.2, 0.25) is 0 Å². The van der Waals surface area contributed by atoms with Crippen molar-refractivity contribution < 1.29 is 19.0 Å². The Morgan fingerprint density at radius 3 is 2.42 bits per heavy atom. The molecule has 0 aliphatic rings. The van der Waals surface area contributed by atoms with Gasteiger partial charge in [-0.3, -0.25) is 4.79 Å². The van der Waals surface area contributed by atoms with E-state index >= 15 is 0 Å². The maximum atomic E-state index is 10.7. The molecule has 0 saturated carbocycles. The Bertz CT molecular complexity index is 438. The van der Waals surface area contributed by atoms with Crippen molar-refractivity contribution in [2.24, 2.45) is 0 Å². The number of methoxy groups -OCH3 is 1. The summed E-state index contributed by atoms with van der Waals surface area (Å²) in [6.07, 6.45) is 0. The van der Waals surface area contributed by atoms with Gasteiger partial charge in [0.25, 0.3) is 0 Å². The van der Waals surface area contributed by atoms with Gasteiger partial charge in [0.1, 0.15) is 24.7 Å². The maximum absolute atomic E-state index is 10.7. The van der Waals surface area contributed by atoms with E-state index in [0.717, 1.165) is 22.6 Å². The molecule has 0 spiro atoms. The molecule has 1 aromatic carbocycles. The fourth-order valence-corrected chi connectivity index (χ4v) is 1.81. The largest absolute Gasteiger partial charge is 0.496 e. The van der Waals surface area contributed by atoms with E-state index in [4.69, 9.17) is 14.2 Å². The molecule has 4 heteroatoms. The average Bonchev–Trinajstić information content (AvgIpc) is 2.34. The van der Waals surface area contributed by atoms with Crippen LogP contribution in [0.15, 0.2) is 12.1 Å². The molecule has 0 N–H and O–H groups in total. The molecule has 0 unspecified atom stereocenters. The van der Waals surface area contributed by atoms with Crippen LogP contribution in [0.1, 0.15) is 37.8 Å². The monoisotopic (exact) mass is 266 g/mol. The fraction of sp³-hybridized carbons (Fsp3) is 0.533. The van der Waals surface area contributed by atoms with Gasteiger partial charge < -0.3 is 14.2 Å². The number of carbonyl (C=O) groups excluding carboxylic acids is 1. The summed E-state index contributed by atoms with van der Waals surface area (Å²) in [5.74, 6) is 1.72. The highest BCUT2D eigenvalue weighted by atomic mass is 16.6. The Morgan fingerprint density at radius 1 is 1.21 bits per heavy atom. The van der Waals surface area contributed by atoms with Crippen LogP contribution in [-0.2, 0) is 9.53 Å². The summed E-state index contributed by atoms with van der Waals surface area (Å²) in [6.45, 7) is 8.17. The lowest BCUT2D eigenvalue weighted by Gasteiger charge is -2.17. The number of aryl methyl sites for hydroxylation is 1. The number of rotatable bonds is 6. The van der Waals surface area contributed by atoms with Crippen LogP contribution in [0.2, 0.25) is 0 Å². The maximum Gasteiger partial charge on any atom is 0.302 e. The number of carbonyl (C=O) groups is 1. The molecule has 0 aromatic heterocycles. The molecule has 0 radical (unpaired) electrons. The third-order valence-corrected chi connectivity index (χ3v) is 2.80. The van der Waals surface area contributed by atoms with E-state index in [1.165, 1.54) is 6.92 Å². The Morgan fingerprint density at radius 2 is 1.89 bits per heavy atom. The topological polar surface area (TPSA) is 44.8 Å². The molecular formula is C15H22O4. The van der Waals surface area contributed by atoms with Crippen LogP contribution in [0.4, 0.5) is 0 Å². The molecule has 0 heterocycles. The van der Waals surface area contributed by atoms with Gasteiger partial charge in [0.05, 0.1) is 7.11 Å². The van der Waals surface area contributed by atoms with Crippen LogP contribution in [0.25, 0.3) is 0 Å². The SMILES string of the molecule is COc1cc(C(C)C)c(OCCOC(C)=O)cc1C. The summed E-state index contributed by atoms with van der Waals surface area (Å²) in [4.78, 5) is 10.7. The normalized spacial score (nSPS) is 10.4. The van der Waals surface area contributed by atoms with Gasteiger partial charge in [0, 0.05) is 12.5 Å². The van der Waals surface area contributed by atoms with Gasteiger partial charge in [-0.15, -0.1) is 0 Å². The van der Waals surface area contributed by atoms with E-state index in [9.17, 15) is 4.79 Å². The first-order chi connectivity index (χ1) is 8.95. The lowest BCUT2D eigenvalue weighted by Crippen LogP contribution is -2.11. The minimum Gasteiger partial charge on any atom is -0.496 e. The summed E-state index contributed by atoms with van der Waals surface area (Å²) in [5.41, 5.74) is 2.11. The van der Waals surface area contributed by atoms with Crippen molar-refractivity contribution in [3.8, 4) is 11.5 Å². The Hall–Kier alpha value is -1.71. The van der Waals surface area contributed by atoms with Crippen LogP contribution in [0, 0.1) is 6.92 Å². The molecule has 1 aromatic rings. The Balaban J connectivity index is 2.80. The highest BCUT2D eigenvalue weighted by Crippen LogP contribution is 2.33. The van der Waals surface area contributed by atoms with Crippen LogP contribution < -0.4 is 9.47 Å². The highest BCUT2D eigenvalue weighted by Gasteiger charge is 2.12. The first-order valence-corrected chi connectivity index (χ1v) is 6.40.